The molecule has 0 saturated carbocycles. The number of amides is 1. The molecule has 2 N–H and O–H groups in total. The molecular formula is C15H24N2O. The van der Waals surface area contributed by atoms with Gasteiger partial charge in [0.25, 0.3) is 0 Å². The monoisotopic (exact) mass is 248 g/mol. The van der Waals surface area contributed by atoms with Crippen molar-refractivity contribution in [3.8, 4) is 0 Å². The minimum atomic E-state index is 0.0478. The Morgan fingerprint density at radius 3 is 2.22 bits per heavy atom. The normalized spacial score (nSPS) is 12.8. The van der Waals surface area contributed by atoms with Crippen molar-refractivity contribution >= 4 is 5.91 Å². The topological polar surface area (TPSA) is 41.1 Å². The molecule has 0 spiro atoms. The zero-order valence-electron chi connectivity index (χ0n) is 11.7. The minimum Gasteiger partial charge on any atom is -0.353 e. The van der Waals surface area contributed by atoms with E-state index in [1.807, 2.05) is 32.0 Å². The number of carbonyl (C=O) groups excluding carboxylic acids is 1. The maximum Gasteiger partial charge on any atom is 0.234 e. The van der Waals surface area contributed by atoms with E-state index in [1.165, 1.54) is 5.56 Å². The number of benzene rings is 1. The van der Waals surface area contributed by atoms with Crippen LogP contribution in [-0.4, -0.2) is 18.5 Å². The lowest BCUT2D eigenvalue weighted by atomic mass is 9.96. The van der Waals surface area contributed by atoms with Crippen LogP contribution in [0.25, 0.3) is 0 Å². The molecule has 1 aromatic rings. The maximum atomic E-state index is 11.6. The first-order valence-corrected chi connectivity index (χ1v) is 6.58. The van der Waals surface area contributed by atoms with Crippen LogP contribution >= 0.6 is 0 Å². The van der Waals surface area contributed by atoms with E-state index in [1.54, 1.807) is 0 Å². The summed E-state index contributed by atoms with van der Waals surface area (Å²) in [5, 5.41) is 6.22. The summed E-state index contributed by atoms with van der Waals surface area (Å²) in [6.45, 7) is 8.61. The first-order chi connectivity index (χ1) is 8.50. The molecule has 0 unspecified atom stereocenters. The van der Waals surface area contributed by atoms with Gasteiger partial charge in [-0.15, -0.1) is 0 Å². The van der Waals surface area contributed by atoms with Crippen LogP contribution in [0, 0.1) is 5.92 Å². The van der Waals surface area contributed by atoms with Crippen molar-refractivity contribution < 1.29 is 4.79 Å². The third kappa shape index (κ3) is 4.88. The first-order valence-electron chi connectivity index (χ1n) is 6.58. The molecule has 100 valence electrons. The van der Waals surface area contributed by atoms with Gasteiger partial charge in [-0.3, -0.25) is 4.79 Å². The van der Waals surface area contributed by atoms with Gasteiger partial charge in [-0.25, -0.2) is 0 Å². The molecule has 0 radical (unpaired) electrons. The third-order valence-corrected chi connectivity index (χ3v) is 2.76. The van der Waals surface area contributed by atoms with Crippen LogP contribution in [0.2, 0.25) is 0 Å². The van der Waals surface area contributed by atoms with Crippen LogP contribution in [0.1, 0.15) is 39.3 Å². The predicted molar refractivity (Wildman–Crippen MR) is 75.3 cm³/mol. The molecular weight excluding hydrogens is 224 g/mol. The van der Waals surface area contributed by atoms with E-state index < -0.39 is 0 Å². The van der Waals surface area contributed by atoms with Crippen molar-refractivity contribution in [1.29, 1.82) is 0 Å². The van der Waals surface area contributed by atoms with Crippen molar-refractivity contribution in [2.24, 2.45) is 5.92 Å². The largest absolute Gasteiger partial charge is 0.353 e. The minimum absolute atomic E-state index is 0.0478. The van der Waals surface area contributed by atoms with Gasteiger partial charge in [-0.1, -0.05) is 44.2 Å². The Bertz CT molecular complexity index is 360. The van der Waals surface area contributed by atoms with E-state index in [4.69, 9.17) is 0 Å². The maximum absolute atomic E-state index is 11.6. The number of hydrogen-bond donors (Lipinski definition) is 2. The summed E-state index contributed by atoms with van der Waals surface area (Å²) in [6, 6.07) is 10.7. The Morgan fingerprint density at radius 2 is 1.72 bits per heavy atom. The second kappa shape index (κ2) is 7.17. The standard InChI is InChI=1S/C15H24N2O/c1-11(2)15(13-8-6-5-7-9-13)16-10-14(18)17-12(3)4/h5-9,11-12,15-16H,10H2,1-4H3,(H,17,18)/t15-/m0/s1. The van der Waals surface area contributed by atoms with Crippen molar-refractivity contribution in [3.05, 3.63) is 35.9 Å². The van der Waals surface area contributed by atoms with Crippen molar-refractivity contribution in [2.45, 2.75) is 39.8 Å². The summed E-state index contributed by atoms with van der Waals surface area (Å²) >= 11 is 0. The van der Waals surface area contributed by atoms with Gasteiger partial charge in [-0.2, -0.15) is 0 Å². The van der Waals surface area contributed by atoms with E-state index in [2.05, 4.69) is 36.6 Å². The second-order valence-electron chi connectivity index (χ2n) is 5.24. The highest BCUT2D eigenvalue weighted by atomic mass is 16.1. The van der Waals surface area contributed by atoms with Crippen LogP contribution in [0.15, 0.2) is 30.3 Å². The summed E-state index contributed by atoms with van der Waals surface area (Å²) in [5.41, 5.74) is 1.23. The molecule has 1 amide bonds. The Labute approximate surface area is 110 Å². The Balaban J connectivity index is 2.57. The fourth-order valence-corrected chi connectivity index (χ4v) is 1.97. The lowest BCUT2D eigenvalue weighted by Crippen LogP contribution is -2.40. The van der Waals surface area contributed by atoms with Crippen molar-refractivity contribution in [3.63, 3.8) is 0 Å². The molecule has 1 atom stereocenters. The molecule has 1 rings (SSSR count). The van der Waals surface area contributed by atoms with Crippen molar-refractivity contribution in [2.75, 3.05) is 6.54 Å². The summed E-state index contributed by atoms with van der Waals surface area (Å²) < 4.78 is 0. The van der Waals surface area contributed by atoms with E-state index in [0.717, 1.165) is 0 Å². The Morgan fingerprint density at radius 1 is 1.11 bits per heavy atom. The molecule has 0 bridgehead atoms. The van der Waals surface area contributed by atoms with Crippen LogP contribution in [0.4, 0.5) is 0 Å². The summed E-state index contributed by atoms with van der Waals surface area (Å²) in [5.74, 6) is 0.492. The lowest BCUT2D eigenvalue weighted by molar-refractivity contribution is -0.120. The molecule has 0 heterocycles. The quantitative estimate of drug-likeness (QED) is 0.812. The zero-order chi connectivity index (χ0) is 13.5. The molecule has 1 aromatic carbocycles. The van der Waals surface area contributed by atoms with Gasteiger partial charge in [-0.05, 0) is 25.3 Å². The number of hydrogen-bond acceptors (Lipinski definition) is 2. The number of rotatable bonds is 6. The number of nitrogens with one attached hydrogen (secondary N) is 2. The van der Waals surface area contributed by atoms with Crippen LogP contribution in [0.3, 0.4) is 0 Å². The fraction of sp³-hybridized carbons (Fsp3) is 0.533. The summed E-state index contributed by atoms with van der Waals surface area (Å²) in [4.78, 5) is 11.6. The van der Waals surface area contributed by atoms with Crippen LogP contribution < -0.4 is 10.6 Å². The first kappa shape index (κ1) is 14.7. The zero-order valence-corrected chi connectivity index (χ0v) is 11.7. The molecule has 0 fully saturated rings. The fourth-order valence-electron chi connectivity index (χ4n) is 1.97. The molecule has 0 aromatic heterocycles. The average Bonchev–Trinajstić information content (AvgIpc) is 2.29. The van der Waals surface area contributed by atoms with Gasteiger partial charge in [0.2, 0.25) is 5.91 Å². The average molecular weight is 248 g/mol. The molecule has 18 heavy (non-hydrogen) atoms. The highest BCUT2D eigenvalue weighted by Crippen LogP contribution is 2.20. The lowest BCUT2D eigenvalue weighted by Gasteiger charge is -2.23. The molecule has 0 aliphatic carbocycles. The van der Waals surface area contributed by atoms with Gasteiger partial charge in [0, 0.05) is 12.1 Å². The smallest absolute Gasteiger partial charge is 0.234 e. The number of carbonyl (C=O) groups is 1. The van der Waals surface area contributed by atoms with Gasteiger partial charge >= 0.3 is 0 Å². The summed E-state index contributed by atoms with van der Waals surface area (Å²) in [7, 11) is 0. The van der Waals surface area contributed by atoms with Gasteiger partial charge < -0.3 is 10.6 Å². The van der Waals surface area contributed by atoms with E-state index in [0.29, 0.717) is 12.5 Å². The highest BCUT2D eigenvalue weighted by Gasteiger charge is 2.16. The molecule has 3 heteroatoms. The third-order valence-electron chi connectivity index (χ3n) is 2.76. The molecule has 0 aliphatic heterocycles. The van der Waals surface area contributed by atoms with Gasteiger partial charge in [0.15, 0.2) is 0 Å². The van der Waals surface area contributed by atoms with Gasteiger partial charge in [0.1, 0.15) is 0 Å². The van der Waals surface area contributed by atoms with E-state index in [-0.39, 0.29) is 18.0 Å². The molecule has 0 saturated heterocycles. The van der Waals surface area contributed by atoms with Crippen LogP contribution in [0.5, 0.6) is 0 Å². The Hall–Kier alpha value is -1.35. The van der Waals surface area contributed by atoms with E-state index in [9.17, 15) is 4.79 Å². The van der Waals surface area contributed by atoms with Crippen molar-refractivity contribution in [1.82, 2.24) is 10.6 Å². The van der Waals surface area contributed by atoms with E-state index >= 15 is 0 Å². The molecule has 0 aliphatic rings. The van der Waals surface area contributed by atoms with Gasteiger partial charge in [0.05, 0.1) is 6.54 Å². The molecule has 3 nitrogen and oxygen atoms in total. The Kier molecular flexibility index (Phi) is 5.86. The highest BCUT2D eigenvalue weighted by molar-refractivity contribution is 5.78. The SMILES string of the molecule is CC(C)NC(=O)CN[C@H](c1ccccc1)C(C)C. The summed E-state index contributed by atoms with van der Waals surface area (Å²) in [6.07, 6.45) is 0. The second-order valence-corrected chi connectivity index (χ2v) is 5.24. The predicted octanol–water partition coefficient (Wildman–Crippen LogP) is 2.50. The van der Waals surface area contributed by atoms with Crippen LogP contribution in [-0.2, 0) is 4.79 Å².